The summed E-state index contributed by atoms with van der Waals surface area (Å²) >= 11 is 1.53. The van der Waals surface area contributed by atoms with Gasteiger partial charge in [-0.25, -0.2) is 13.4 Å². The number of nitrogens with zero attached hydrogens (tertiary/aromatic N) is 3. The van der Waals surface area contributed by atoms with Crippen molar-refractivity contribution in [3.05, 3.63) is 44.4 Å². The first-order valence-electron chi connectivity index (χ1n) is 6.29. The predicted molar refractivity (Wildman–Crippen MR) is 85.2 cm³/mol. The highest BCUT2D eigenvalue weighted by atomic mass is 32.2. The molecule has 0 radical (unpaired) electrons. The lowest BCUT2D eigenvalue weighted by atomic mass is 10.2. The van der Waals surface area contributed by atoms with Crippen LogP contribution in [0.2, 0.25) is 0 Å². The van der Waals surface area contributed by atoms with Crippen LogP contribution in [0, 0.1) is 17.0 Å². The number of thiazole rings is 1. The Morgan fingerprint density at radius 1 is 1.41 bits per heavy atom. The molecule has 0 aliphatic rings. The Balaban J connectivity index is 2.38. The molecule has 118 valence electrons. The minimum atomic E-state index is -3.69. The molecule has 0 atom stereocenters. The number of nitro groups is 1. The van der Waals surface area contributed by atoms with Crippen LogP contribution in [0.15, 0.2) is 28.5 Å². The summed E-state index contributed by atoms with van der Waals surface area (Å²) in [6.45, 7) is 2.40. The van der Waals surface area contributed by atoms with Crippen LogP contribution in [0.3, 0.4) is 0 Å². The second-order valence-corrected chi connectivity index (χ2v) is 7.94. The van der Waals surface area contributed by atoms with Gasteiger partial charge in [0.25, 0.3) is 5.69 Å². The Hall–Kier alpha value is -2.00. The van der Waals surface area contributed by atoms with Crippen molar-refractivity contribution in [3.63, 3.8) is 0 Å². The highest BCUT2D eigenvalue weighted by Gasteiger charge is 2.23. The van der Waals surface area contributed by atoms with E-state index in [0.717, 1.165) is 17.0 Å². The zero-order valence-corrected chi connectivity index (χ0v) is 13.9. The van der Waals surface area contributed by atoms with E-state index in [1.54, 1.807) is 11.9 Å². The third-order valence-electron chi connectivity index (χ3n) is 3.05. The number of hydrogen-bond acceptors (Lipinski definition) is 7. The lowest BCUT2D eigenvalue weighted by Gasteiger charge is -2.18. The topological polar surface area (TPSA) is 93.4 Å². The van der Waals surface area contributed by atoms with Gasteiger partial charge in [-0.3, -0.25) is 10.1 Å². The van der Waals surface area contributed by atoms with Crippen LogP contribution in [-0.4, -0.2) is 31.6 Å². The summed E-state index contributed by atoms with van der Waals surface area (Å²) in [6, 6.07) is 4.08. The molecule has 2 rings (SSSR count). The predicted octanol–water partition coefficient (Wildman–Crippen LogP) is 2.40. The van der Waals surface area contributed by atoms with Crippen molar-refractivity contribution in [2.45, 2.75) is 18.4 Å². The largest absolute Gasteiger partial charge is 0.369 e. The van der Waals surface area contributed by atoms with E-state index in [9.17, 15) is 18.5 Å². The van der Waals surface area contributed by atoms with Gasteiger partial charge < -0.3 is 4.90 Å². The van der Waals surface area contributed by atoms with Crippen LogP contribution in [0.25, 0.3) is 0 Å². The first-order chi connectivity index (χ1) is 10.2. The molecular formula is C13H15N3O4S2. The van der Waals surface area contributed by atoms with Crippen LogP contribution in [0.5, 0.6) is 0 Å². The van der Waals surface area contributed by atoms with Crippen molar-refractivity contribution >= 4 is 32.5 Å². The molecular weight excluding hydrogens is 326 g/mol. The normalized spacial score (nSPS) is 11.4. The maximum absolute atomic E-state index is 11.8. The number of aromatic nitrogens is 1. The van der Waals surface area contributed by atoms with Gasteiger partial charge in [-0.15, -0.1) is 11.3 Å². The first kappa shape index (κ1) is 16.4. The van der Waals surface area contributed by atoms with Gasteiger partial charge in [0.2, 0.25) is 0 Å². The maximum Gasteiger partial charge on any atom is 0.288 e. The summed E-state index contributed by atoms with van der Waals surface area (Å²) in [5, 5.41) is 13.8. The third-order valence-corrected chi connectivity index (χ3v) is 4.99. The zero-order valence-electron chi connectivity index (χ0n) is 12.3. The molecule has 0 unspecified atom stereocenters. The van der Waals surface area contributed by atoms with E-state index in [1.165, 1.54) is 29.5 Å². The first-order valence-corrected chi connectivity index (χ1v) is 9.06. The highest BCUT2D eigenvalue weighted by molar-refractivity contribution is 7.90. The lowest BCUT2D eigenvalue weighted by Crippen LogP contribution is -2.17. The minimum Gasteiger partial charge on any atom is -0.369 e. The molecule has 0 spiro atoms. The van der Waals surface area contributed by atoms with E-state index in [-0.39, 0.29) is 4.90 Å². The van der Waals surface area contributed by atoms with Crippen LogP contribution < -0.4 is 4.90 Å². The molecule has 0 bridgehead atoms. The Kier molecular flexibility index (Phi) is 4.47. The Labute approximate surface area is 132 Å². The molecule has 1 aromatic heterocycles. The molecule has 0 aliphatic carbocycles. The van der Waals surface area contributed by atoms with Crippen molar-refractivity contribution < 1.29 is 13.3 Å². The minimum absolute atomic E-state index is 0.281. The van der Waals surface area contributed by atoms with Crippen LogP contribution in [0.1, 0.15) is 10.7 Å². The standard InChI is InChI=1S/C13H15N3O4S2/c1-9-14-10(8-21-9)7-15(2)11-4-5-12(16(17)18)13(6-11)22(3,19)20/h4-6,8H,7H2,1-3H3. The van der Waals surface area contributed by atoms with E-state index in [0.29, 0.717) is 12.2 Å². The summed E-state index contributed by atoms with van der Waals surface area (Å²) in [4.78, 5) is 16.1. The van der Waals surface area contributed by atoms with Crippen LogP contribution >= 0.6 is 11.3 Å². The van der Waals surface area contributed by atoms with Crippen molar-refractivity contribution in [1.82, 2.24) is 4.98 Å². The monoisotopic (exact) mass is 341 g/mol. The number of sulfone groups is 1. The quantitative estimate of drug-likeness (QED) is 0.612. The van der Waals surface area contributed by atoms with Crippen LogP contribution in [-0.2, 0) is 16.4 Å². The van der Waals surface area contributed by atoms with Crippen molar-refractivity contribution in [2.75, 3.05) is 18.2 Å². The van der Waals surface area contributed by atoms with E-state index < -0.39 is 20.4 Å². The molecule has 22 heavy (non-hydrogen) atoms. The third kappa shape index (κ3) is 3.60. The van der Waals surface area contributed by atoms with Gasteiger partial charge in [0.1, 0.15) is 4.90 Å². The van der Waals surface area contributed by atoms with Gasteiger partial charge in [-0.05, 0) is 19.1 Å². The summed E-state index contributed by atoms with van der Waals surface area (Å²) in [6.07, 6.45) is 0.961. The number of benzene rings is 1. The molecule has 0 N–H and O–H groups in total. The maximum atomic E-state index is 11.8. The van der Waals surface area contributed by atoms with Gasteiger partial charge >= 0.3 is 0 Å². The fraction of sp³-hybridized carbons (Fsp3) is 0.308. The smallest absolute Gasteiger partial charge is 0.288 e. The Morgan fingerprint density at radius 3 is 2.59 bits per heavy atom. The molecule has 0 amide bonds. The Bertz CT molecular complexity index is 814. The SMILES string of the molecule is Cc1nc(CN(C)c2ccc([N+](=O)[O-])c(S(C)(=O)=O)c2)cs1. The lowest BCUT2D eigenvalue weighted by molar-refractivity contribution is -0.387. The molecule has 0 fully saturated rings. The van der Waals surface area contributed by atoms with Gasteiger partial charge in [0, 0.05) is 30.4 Å². The zero-order chi connectivity index (χ0) is 16.5. The number of hydrogen-bond donors (Lipinski definition) is 0. The van der Waals surface area contributed by atoms with Gasteiger partial charge in [-0.2, -0.15) is 0 Å². The van der Waals surface area contributed by atoms with Crippen LogP contribution in [0.4, 0.5) is 11.4 Å². The highest BCUT2D eigenvalue weighted by Crippen LogP contribution is 2.29. The van der Waals surface area contributed by atoms with Crippen molar-refractivity contribution in [1.29, 1.82) is 0 Å². The van der Waals surface area contributed by atoms with Gasteiger partial charge in [0.15, 0.2) is 9.84 Å². The van der Waals surface area contributed by atoms with Gasteiger partial charge in [0.05, 0.1) is 22.2 Å². The Morgan fingerprint density at radius 2 is 2.09 bits per heavy atom. The van der Waals surface area contributed by atoms with E-state index in [2.05, 4.69) is 4.98 Å². The number of nitro benzene ring substituents is 1. The second kappa shape index (κ2) is 6.01. The summed E-state index contributed by atoms with van der Waals surface area (Å²) in [7, 11) is -1.91. The molecule has 0 saturated carbocycles. The fourth-order valence-corrected chi connectivity index (χ4v) is 3.46. The van der Waals surface area contributed by atoms with E-state index in [1.807, 2.05) is 12.3 Å². The molecule has 1 heterocycles. The number of aryl methyl sites for hydroxylation is 1. The van der Waals surface area contributed by atoms with E-state index in [4.69, 9.17) is 0 Å². The molecule has 9 heteroatoms. The fourth-order valence-electron chi connectivity index (χ4n) is 2.00. The molecule has 0 aliphatic heterocycles. The number of rotatable bonds is 5. The molecule has 7 nitrogen and oxygen atoms in total. The molecule has 0 saturated heterocycles. The summed E-state index contributed by atoms with van der Waals surface area (Å²) < 4.78 is 23.5. The van der Waals surface area contributed by atoms with Crippen molar-refractivity contribution in [2.24, 2.45) is 0 Å². The molecule has 1 aromatic carbocycles. The second-order valence-electron chi connectivity index (χ2n) is 4.90. The van der Waals surface area contributed by atoms with E-state index >= 15 is 0 Å². The number of anilines is 1. The van der Waals surface area contributed by atoms with Crippen molar-refractivity contribution in [3.8, 4) is 0 Å². The van der Waals surface area contributed by atoms with Gasteiger partial charge in [-0.1, -0.05) is 0 Å². The average molecular weight is 341 g/mol. The summed E-state index contributed by atoms with van der Waals surface area (Å²) in [5.74, 6) is 0. The average Bonchev–Trinajstić information content (AvgIpc) is 2.82. The molecule has 2 aromatic rings. The summed E-state index contributed by atoms with van der Waals surface area (Å²) in [5.41, 5.74) is 1.03.